The molecule has 0 saturated heterocycles. The molecule has 1 aromatic rings. The molecule has 0 aliphatic rings. The molecule has 1 heterocycles. The van der Waals surface area contributed by atoms with Crippen molar-refractivity contribution in [1.29, 1.82) is 0 Å². The fourth-order valence-corrected chi connectivity index (χ4v) is 1.06. The van der Waals surface area contributed by atoms with E-state index in [0.29, 0.717) is 0 Å². The Balaban J connectivity index is 2.39. The summed E-state index contributed by atoms with van der Waals surface area (Å²) < 4.78 is 1.86. The first kappa shape index (κ1) is 8.31. The topological polar surface area (TPSA) is 17.8 Å². The highest BCUT2D eigenvalue weighted by molar-refractivity contribution is 5.03. The Morgan fingerprint density at radius 2 is 2.27 bits per heavy atom. The smallest absolute Gasteiger partial charge is 0.0521 e. The lowest BCUT2D eigenvalue weighted by atomic mass is 10.1. The van der Waals surface area contributed by atoms with E-state index in [1.807, 2.05) is 17.9 Å². The molecule has 0 aliphatic carbocycles. The van der Waals surface area contributed by atoms with Crippen LogP contribution in [0.15, 0.2) is 12.4 Å². The summed E-state index contributed by atoms with van der Waals surface area (Å²) in [4.78, 5) is 0. The zero-order chi connectivity index (χ0) is 8.27. The first-order valence-electron chi connectivity index (χ1n) is 4.16. The van der Waals surface area contributed by atoms with Crippen LogP contribution in [0.1, 0.15) is 25.8 Å². The van der Waals surface area contributed by atoms with E-state index in [4.69, 9.17) is 0 Å². The largest absolute Gasteiger partial charge is 0.276 e. The van der Waals surface area contributed by atoms with E-state index in [9.17, 15) is 0 Å². The van der Waals surface area contributed by atoms with Gasteiger partial charge in [0.1, 0.15) is 0 Å². The molecule has 0 atom stereocenters. The average molecular weight is 152 g/mol. The molecule has 0 N–H and O–H groups in total. The number of hydrogen-bond acceptors (Lipinski definition) is 1. The predicted molar refractivity (Wildman–Crippen MR) is 46.4 cm³/mol. The minimum absolute atomic E-state index is 0.787. The van der Waals surface area contributed by atoms with Crippen LogP contribution >= 0.6 is 0 Å². The lowest BCUT2D eigenvalue weighted by molar-refractivity contribution is 0.586. The molecule has 1 aromatic heterocycles. The van der Waals surface area contributed by atoms with E-state index in [2.05, 4.69) is 25.1 Å². The Bertz CT molecular complexity index is 213. The van der Waals surface area contributed by atoms with Crippen LogP contribution in [0.5, 0.6) is 0 Å². The van der Waals surface area contributed by atoms with Crippen molar-refractivity contribution < 1.29 is 0 Å². The first-order valence-corrected chi connectivity index (χ1v) is 4.16. The van der Waals surface area contributed by atoms with Crippen molar-refractivity contribution in [3.05, 3.63) is 18.0 Å². The number of nitrogens with zero attached hydrogens (tertiary/aromatic N) is 2. The van der Waals surface area contributed by atoms with Gasteiger partial charge in [0.05, 0.1) is 6.20 Å². The van der Waals surface area contributed by atoms with Crippen LogP contribution in [-0.4, -0.2) is 9.78 Å². The SMILES string of the molecule is CC(C)CCc1cnn(C)c1. The zero-order valence-corrected chi connectivity index (χ0v) is 7.54. The van der Waals surface area contributed by atoms with E-state index in [1.165, 1.54) is 12.0 Å². The molecular formula is C9H16N2. The van der Waals surface area contributed by atoms with E-state index < -0.39 is 0 Å². The lowest BCUT2D eigenvalue weighted by Crippen LogP contribution is -1.90. The van der Waals surface area contributed by atoms with Crippen molar-refractivity contribution in [3.63, 3.8) is 0 Å². The summed E-state index contributed by atoms with van der Waals surface area (Å²) >= 11 is 0. The van der Waals surface area contributed by atoms with Crippen LogP contribution in [0, 0.1) is 5.92 Å². The van der Waals surface area contributed by atoms with Crippen LogP contribution in [0.3, 0.4) is 0 Å². The van der Waals surface area contributed by atoms with Crippen molar-refractivity contribution in [2.24, 2.45) is 13.0 Å². The van der Waals surface area contributed by atoms with Gasteiger partial charge >= 0.3 is 0 Å². The number of aryl methyl sites for hydroxylation is 2. The normalized spacial score (nSPS) is 10.9. The van der Waals surface area contributed by atoms with Crippen LogP contribution in [0.2, 0.25) is 0 Å². The summed E-state index contributed by atoms with van der Waals surface area (Å²) in [5.74, 6) is 0.787. The number of hydrogen-bond donors (Lipinski definition) is 0. The molecule has 1 rings (SSSR count). The molecule has 11 heavy (non-hydrogen) atoms. The maximum absolute atomic E-state index is 4.11. The van der Waals surface area contributed by atoms with Gasteiger partial charge in [-0.05, 0) is 24.3 Å². The Labute approximate surface area is 68.2 Å². The maximum Gasteiger partial charge on any atom is 0.0521 e. The number of rotatable bonds is 3. The molecule has 0 aromatic carbocycles. The van der Waals surface area contributed by atoms with Gasteiger partial charge in [-0.15, -0.1) is 0 Å². The molecule has 0 saturated carbocycles. The van der Waals surface area contributed by atoms with Crippen LogP contribution < -0.4 is 0 Å². The molecule has 0 amide bonds. The minimum atomic E-state index is 0.787. The molecule has 0 spiro atoms. The molecule has 2 nitrogen and oxygen atoms in total. The first-order chi connectivity index (χ1) is 5.18. The van der Waals surface area contributed by atoms with Gasteiger partial charge in [-0.2, -0.15) is 5.10 Å². The summed E-state index contributed by atoms with van der Waals surface area (Å²) in [6, 6.07) is 0. The monoisotopic (exact) mass is 152 g/mol. The molecule has 62 valence electrons. The summed E-state index contributed by atoms with van der Waals surface area (Å²) in [7, 11) is 1.96. The standard InChI is InChI=1S/C9H16N2/c1-8(2)4-5-9-6-10-11(3)7-9/h6-8H,4-5H2,1-3H3. The molecule has 0 bridgehead atoms. The Kier molecular flexibility index (Phi) is 2.69. The van der Waals surface area contributed by atoms with E-state index >= 15 is 0 Å². The molecular weight excluding hydrogens is 136 g/mol. The summed E-state index contributed by atoms with van der Waals surface area (Å²) in [6.45, 7) is 4.49. The van der Waals surface area contributed by atoms with Crippen LogP contribution in [0.25, 0.3) is 0 Å². The van der Waals surface area contributed by atoms with Gasteiger partial charge in [0.15, 0.2) is 0 Å². The number of aromatic nitrogens is 2. The van der Waals surface area contributed by atoms with E-state index in [-0.39, 0.29) is 0 Å². The minimum Gasteiger partial charge on any atom is -0.276 e. The fourth-order valence-electron chi connectivity index (χ4n) is 1.06. The average Bonchev–Trinajstić information content (AvgIpc) is 2.31. The Morgan fingerprint density at radius 1 is 1.55 bits per heavy atom. The third-order valence-corrected chi connectivity index (χ3v) is 1.77. The fraction of sp³-hybridized carbons (Fsp3) is 0.667. The predicted octanol–water partition coefficient (Wildman–Crippen LogP) is 2.01. The molecule has 0 fully saturated rings. The molecule has 2 heteroatoms. The van der Waals surface area contributed by atoms with Gasteiger partial charge in [-0.3, -0.25) is 4.68 Å². The maximum atomic E-state index is 4.11. The van der Waals surface area contributed by atoms with E-state index in [1.54, 1.807) is 0 Å². The van der Waals surface area contributed by atoms with Crippen LogP contribution in [-0.2, 0) is 13.5 Å². The molecule has 0 aliphatic heterocycles. The second-order valence-corrected chi connectivity index (χ2v) is 3.45. The Morgan fingerprint density at radius 3 is 2.73 bits per heavy atom. The highest BCUT2D eigenvalue weighted by Gasteiger charge is 1.97. The van der Waals surface area contributed by atoms with Gasteiger partial charge in [0.25, 0.3) is 0 Å². The lowest BCUT2D eigenvalue weighted by Gasteiger charge is -2.00. The van der Waals surface area contributed by atoms with Crippen molar-refractivity contribution in [3.8, 4) is 0 Å². The quantitative estimate of drug-likeness (QED) is 0.647. The summed E-state index contributed by atoms with van der Waals surface area (Å²) in [6.07, 6.45) is 6.45. The third kappa shape index (κ3) is 2.74. The van der Waals surface area contributed by atoms with Gasteiger partial charge in [-0.1, -0.05) is 13.8 Å². The second kappa shape index (κ2) is 3.56. The summed E-state index contributed by atoms with van der Waals surface area (Å²) in [5.41, 5.74) is 1.35. The van der Waals surface area contributed by atoms with Gasteiger partial charge in [0.2, 0.25) is 0 Å². The molecule has 0 radical (unpaired) electrons. The van der Waals surface area contributed by atoms with Crippen molar-refractivity contribution in [2.75, 3.05) is 0 Å². The molecule has 0 unspecified atom stereocenters. The van der Waals surface area contributed by atoms with Crippen LogP contribution in [0.4, 0.5) is 0 Å². The van der Waals surface area contributed by atoms with Gasteiger partial charge in [-0.25, -0.2) is 0 Å². The summed E-state index contributed by atoms with van der Waals surface area (Å²) in [5, 5.41) is 4.11. The van der Waals surface area contributed by atoms with E-state index in [0.717, 1.165) is 12.3 Å². The second-order valence-electron chi connectivity index (χ2n) is 3.45. The van der Waals surface area contributed by atoms with Crippen molar-refractivity contribution >= 4 is 0 Å². The van der Waals surface area contributed by atoms with Gasteiger partial charge in [0, 0.05) is 13.2 Å². The zero-order valence-electron chi connectivity index (χ0n) is 7.54. The highest BCUT2D eigenvalue weighted by Crippen LogP contribution is 2.06. The highest BCUT2D eigenvalue weighted by atomic mass is 15.2. The van der Waals surface area contributed by atoms with Gasteiger partial charge < -0.3 is 0 Å². The van der Waals surface area contributed by atoms with Crippen molar-refractivity contribution in [2.45, 2.75) is 26.7 Å². The van der Waals surface area contributed by atoms with Crippen molar-refractivity contribution in [1.82, 2.24) is 9.78 Å². The Hall–Kier alpha value is -0.790. The third-order valence-electron chi connectivity index (χ3n) is 1.77.